The second-order valence-corrected chi connectivity index (χ2v) is 12.7. The van der Waals surface area contributed by atoms with Crippen LogP contribution in [0.2, 0.25) is 0 Å². The summed E-state index contributed by atoms with van der Waals surface area (Å²) in [4.78, 5) is 25.4. The first-order valence-corrected chi connectivity index (χ1v) is 12.7. The van der Waals surface area contributed by atoms with Crippen LogP contribution in [0, 0.1) is 34.5 Å². The van der Waals surface area contributed by atoms with E-state index in [-0.39, 0.29) is 42.2 Å². The maximum Gasteiger partial charge on any atom is 0.162 e. The van der Waals surface area contributed by atoms with Crippen LogP contribution >= 0.6 is 0 Å². The van der Waals surface area contributed by atoms with Crippen molar-refractivity contribution in [1.82, 2.24) is 0 Å². The van der Waals surface area contributed by atoms with Gasteiger partial charge in [0, 0.05) is 17.8 Å². The number of ketones is 2. The van der Waals surface area contributed by atoms with Crippen LogP contribution in [0.3, 0.4) is 0 Å². The molecule has 0 bridgehead atoms. The van der Waals surface area contributed by atoms with Crippen molar-refractivity contribution in [3.63, 3.8) is 0 Å². The number of carbonyl (C=O) groups is 2. The normalized spacial score (nSPS) is 45.1. The molecule has 4 N–H and O–H groups in total. The van der Waals surface area contributed by atoms with E-state index in [4.69, 9.17) is 0 Å². The summed E-state index contributed by atoms with van der Waals surface area (Å²) in [6.07, 6.45) is 4.30. The molecule has 0 aliphatic heterocycles. The van der Waals surface area contributed by atoms with Gasteiger partial charge in [0.25, 0.3) is 0 Å². The molecular formula is C27H42O6. The molecule has 33 heavy (non-hydrogen) atoms. The molecule has 3 fully saturated rings. The lowest BCUT2D eigenvalue weighted by molar-refractivity contribution is -0.154. The fourth-order valence-electron chi connectivity index (χ4n) is 8.12. The molecule has 0 spiro atoms. The molecular weight excluding hydrogens is 420 g/mol. The van der Waals surface area contributed by atoms with Crippen molar-refractivity contribution in [3.05, 3.63) is 11.6 Å². The minimum Gasteiger partial charge on any atom is -0.393 e. The molecule has 3 saturated carbocycles. The third-order valence-electron chi connectivity index (χ3n) is 10.3. The zero-order valence-corrected chi connectivity index (χ0v) is 20.8. The molecule has 0 aromatic carbocycles. The Bertz CT molecular complexity index is 857. The van der Waals surface area contributed by atoms with Gasteiger partial charge in [-0.2, -0.15) is 0 Å². The molecule has 0 amide bonds. The molecule has 186 valence electrons. The summed E-state index contributed by atoms with van der Waals surface area (Å²) in [5.41, 5.74) is -2.15. The van der Waals surface area contributed by atoms with Gasteiger partial charge >= 0.3 is 0 Å². The molecule has 0 heterocycles. The van der Waals surface area contributed by atoms with Crippen LogP contribution in [-0.4, -0.2) is 55.4 Å². The van der Waals surface area contributed by atoms with Crippen LogP contribution in [0.15, 0.2) is 11.6 Å². The van der Waals surface area contributed by atoms with E-state index in [0.29, 0.717) is 19.3 Å². The Morgan fingerprint density at radius 1 is 1.15 bits per heavy atom. The number of hydrogen-bond donors (Lipinski definition) is 4. The molecule has 6 heteroatoms. The van der Waals surface area contributed by atoms with E-state index >= 15 is 0 Å². The van der Waals surface area contributed by atoms with E-state index in [0.717, 1.165) is 24.8 Å². The standard InChI is InChI=1S/C27H42O6/c1-15(20(28)8-9-24(2,3)32)16-7-11-27(33)18-12-21(29)19-13-22(30)23(31)14-25(19,4)17(18)6-10-26(16,27)5/h12,15-17,19-20,23,28,31-33H,6-11,13-14H2,1-5H3/t15?,16-,17+,19+,20?,23+,25-,26-,27-/m1/s1. The molecule has 4 aliphatic rings. The van der Waals surface area contributed by atoms with Crippen molar-refractivity contribution in [1.29, 1.82) is 0 Å². The molecule has 4 aliphatic carbocycles. The number of aliphatic hydroxyl groups is 4. The smallest absolute Gasteiger partial charge is 0.162 e. The number of rotatable bonds is 5. The van der Waals surface area contributed by atoms with E-state index < -0.39 is 40.2 Å². The summed E-state index contributed by atoms with van der Waals surface area (Å²) >= 11 is 0. The Labute approximate surface area is 197 Å². The number of fused-ring (bicyclic) bond motifs is 5. The van der Waals surface area contributed by atoms with Gasteiger partial charge in [0.2, 0.25) is 0 Å². The molecule has 6 nitrogen and oxygen atoms in total. The lowest BCUT2D eigenvalue weighted by atomic mass is 9.46. The van der Waals surface area contributed by atoms with Gasteiger partial charge in [-0.25, -0.2) is 0 Å². The monoisotopic (exact) mass is 462 g/mol. The highest BCUT2D eigenvalue weighted by Gasteiger charge is 2.67. The SMILES string of the molecule is CC(C(O)CCC(C)(C)O)[C@H]1CC[C@@]2(O)C3=CC(=O)[C@@H]4CC(=O)[C@@H](O)C[C@]4(C)[C@H]3CC[C@]12C. The third-order valence-corrected chi connectivity index (χ3v) is 10.3. The van der Waals surface area contributed by atoms with Gasteiger partial charge in [0.1, 0.15) is 6.10 Å². The molecule has 0 aromatic rings. The Morgan fingerprint density at radius 3 is 2.45 bits per heavy atom. The number of aliphatic hydroxyl groups excluding tert-OH is 2. The highest BCUT2D eigenvalue weighted by atomic mass is 16.3. The minimum atomic E-state index is -1.12. The van der Waals surface area contributed by atoms with Crippen LogP contribution in [0.25, 0.3) is 0 Å². The minimum absolute atomic E-state index is 0.0322. The average molecular weight is 463 g/mol. The zero-order valence-electron chi connectivity index (χ0n) is 20.8. The summed E-state index contributed by atoms with van der Waals surface area (Å²) in [5, 5.41) is 43.6. The third kappa shape index (κ3) is 3.76. The lowest BCUT2D eigenvalue weighted by Gasteiger charge is -2.59. The van der Waals surface area contributed by atoms with Gasteiger partial charge in [0.15, 0.2) is 11.6 Å². The van der Waals surface area contributed by atoms with Crippen LogP contribution in [0.5, 0.6) is 0 Å². The van der Waals surface area contributed by atoms with Gasteiger partial charge in [0.05, 0.1) is 17.3 Å². The maximum absolute atomic E-state index is 13.2. The molecule has 2 unspecified atom stereocenters. The van der Waals surface area contributed by atoms with Crippen LogP contribution in [-0.2, 0) is 9.59 Å². The van der Waals surface area contributed by atoms with Gasteiger partial charge in [-0.3, -0.25) is 9.59 Å². The predicted octanol–water partition coefficient (Wildman–Crippen LogP) is 2.95. The summed E-state index contributed by atoms with van der Waals surface area (Å²) in [5.74, 6) is -0.745. The average Bonchev–Trinajstić information content (AvgIpc) is 2.99. The van der Waals surface area contributed by atoms with Crippen molar-refractivity contribution in [2.24, 2.45) is 34.5 Å². The summed E-state index contributed by atoms with van der Waals surface area (Å²) in [6.45, 7) is 9.67. The second-order valence-electron chi connectivity index (χ2n) is 12.7. The predicted molar refractivity (Wildman–Crippen MR) is 124 cm³/mol. The fraction of sp³-hybridized carbons (Fsp3) is 0.852. The lowest BCUT2D eigenvalue weighted by Crippen LogP contribution is -2.60. The highest BCUT2D eigenvalue weighted by Crippen LogP contribution is 2.68. The van der Waals surface area contributed by atoms with E-state index in [1.54, 1.807) is 19.9 Å². The van der Waals surface area contributed by atoms with Crippen molar-refractivity contribution in [2.75, 3.05) is 0 Å². The van der Waals surface area contributed by atoms with Gasteiger partial charge in [-0.05, 0) is 93.6 Å². The number of hydrogen-bond acceptors (Lipinski definition) is 6. The van der Waals surface area contributed by atoms with Crippen LogP contribution in [0.1, 0.15) is 86.0 Å². The zero-order chi connectivity index (χ0) is 24.6. The van der Waals surface area contributed by atoms with Crippen molar-refractivity contribution in [3.8, 4) is 0 Å². The topological polar surface area (TPSA) is 115 Å². The number of carbonyl (C=O) groups excluding carboxylic acids is 2. The molecule has 9 atom stereocenters. The van der Waals surface area contributed by atoms with Crippen LogP contribution < -0.4 is 0 Å². The molecule has 0 radical (unpaired) electrons. The number of Topliss-reactive ketones (excluding diaryl/α,β-unsaturated/α-hetero) is 1. The van der Waals surface area contributed by atoms with Crippen molar-refractivity contribution >= 4 is 11.6 Å². The van der Waals surface area contributed by atoms with Gasteiger partial charge in [-0.1, -0.05) is 20.8 Å². The Balaban J connectivity index is 1.63. The van der Waals surface area contributed by atoms with Crippen molar-refractivity contribution in [2.45, 2.75) is 109 Å². The first kappa shape index (κ1) is 25.0. The summed E-state index contributed by atoms with van der Waals surface area (Å²) in [6, 6.07) is 0. The van der Waals surface area contributed by atoms with Gasteiger partial charge < -0.3 is 20.4 Å². The second kappa shape index (κ2) is 7.97. The summed E-state index contributed by atoms with van der Waals surface area (Å²) < 4.78 is 0. The van der Waals surface area contributed by atoms with E-state index in [2.05, 4.69) is 6.92 Å². The fourth-order valence-corrected chi connectivity index (χ4v) is 8.12. The first-order valence-electron chi connectivity index (χ1n) is 12.7. The van der Waals surface area contributed by atoms with E-state index in [1.807, 2.05) is 13.8 Å². The van der Waals surface area contributed by atoms with Crippen molar-refractivity contribution < 1.29 is 30.0 Å². The highest BCUT2D eigenvalue weighted by molar-refractivity contribution is 5.99. The Morgan fingerprint density at radius 2 is 1.82 bits per heavy atom. The van der Waals surface area contributed by atoms with E-state index in [9.17, 15) is 30.0 Å². The quantitative estimate of drug-likeness (QED) is 0.499. The van der Waals surface area contributed by atoms with Gasteiger partial charge in [-0.15, -0.1) is 0 Å². The van der Waals surface area contributed by atoms with E-state index in [1.165, 1.54) is 0 Å². The largest absolute Gasteiger partial charge is 0.393 e. The maximum atomic E-state index is 13.2. The molecule has 0 saturated heterocycles. The Kier molecular flexibility index (Phi) is 6.05. The number of allylic oxidation sites excluding steroid dienone is 1. The molecule has 4 rings (SSSR count). The van der Waals surface area contributed by atoms with Crippen LogP contribution in [0.4, 0.5) is 0 Å². The summed E-state index contributed by atoms with van der Waals surface area (Å²) in [7, 11) is 0. The Hall–Kier alpha value is -1.08. The molecule has 0 aromatic heterocycles. The first-order chi connectivity index (χ1) is 15.1.